The molecule has 0 spiro atoms. The second kappa shape index (κ2) is 6.25. The minimum atomic E-state index is -0.494. The Bertz CT molecular complexity index is 1080. The molecule has 0 aliphatic carbocycles. The zero-order valence-corrected chi connectivity index (χ0v) is 15.2. The summed E-state index contributed by atoms with van der Waals surface area (Å²) in [7, 11) is 0. The first-order valence-corrected chi connectivity index (χ1v) is 8.88. The predicted octanol–water partition coefficient (Wildman–Crippen LogP) is 4.11. The van der Waals surface area contributed by atoms with E-state index in [1.165, 1.54) is 0 Å². The van der Waals surface area contributed by atoms with Crippen molar-refractivity contribution < 1.29 is 9.21 Å². The molecule has 0 N–H and O–H groups in total. The van der Waals surface area contributed by atoms with Gasteiger partial charge < -0.3 is 9.32 Å². The highest BCUT2D eigenvalue weighted by Gasteiger charge is 2.42. The van der Waals surface area contributed by atoms with Gasteiger partial charge in [0.1, 0.15) is 5.58 Å². The number of amides is 1. The Morgan fingerprint density at radius 1 is 1.31 bits per heavy atom. The van der Waals surface area contributed by atoms with E-state index < -0.39 is 6.04 Å². The van der Waals surface area contributed by atoms with Crippen LogP contribution < -0.4 is 5.43 Å². The Morgan fingerprint density at radius 2 is 2.12 bits per heavy atom. The molecule has 2 aromatic heterocycles. The van der Waals surface area contributed by atoms with Crippen LogP contribution in [0.1, 0.15) is 46.6 Å². The Hall–Kier alpha value is -2.66. The van der Waals surface area contributed by atoms with Crippen molar-refractivity contribution in [3.8, 4) is 0 Å². The zero-order valence-electron chi connectivity index (χ0n) is 14.5. The summed E-state index contributed by atoms with van der Waals surface area (Å²) in [6.07, 6.45) is 4.12. The van der Waals surface area contributed by atoms with E-state index >= 15 is 0 Å². The van der Waals surface area contributed by atoms with Gasteiger partial charge >= 0.3 is 0 Å². The molecule has 6 heteroatoms. The molecule has 4 rings (SSSR count). The quantitative estimate of drug-likeness (QED) is 0.698. The maximum atomic E-state index is 13.2. The van der Waals surface area contributed by atoms with Crippen LogP contribution in [-0.2, 0) is 0 Å². The summed E-state index contributed by atoms with van der Waals surface area (Å²) >= 11 is 6.20. The van der Waals surface area contributed by atoms with Gasteiger partial charge in [-0.1, -0.05) is 24.6 Å². The number of fused-ring (bicyclic) bond motifs is 2. The molecule has 1 amide bonds. The van der Waals surface area contributed by atoms with Gasteiger partial charge in [0.2, 0.25) is 5.76 Å². The molecule has 1 aliphatic rings. The van der Waals surface area contributed by atoms with Crippen LogP contribution in [0.4, 0.5) is 0 Å². The van der Waals surface area contributed by atoms with E-state index in [0.717, 1.165) is 17.5 Å². The van der Waals surface area contributed by atoms with Crippen molar-refractivity contribution in [3.05, 3.63) is 74.4 Å². The van der Waals surface area contributed by atoms with E-state index in [4.69, 9.17) is 16.0 Å². The Balaban J connectivity index is 2.04. The molecule has 0 saturated heterocycles. The number of nitrogens with zero attached hydrogens (tertiary/aromatic N) is 2. The lowest BCUT2D eigenvalue weighted by atomic mass is 9.99. The highest BCUT2D eigenvalue weighted by molar-refractivity contribution is 6.32. The number of carbonyl (C=O) groups excluding carboxylic acids is 1. The third-order valence-electron chi connectivity index (χ3n) is 4.71. The van der Waals surface area contributed by atoms with Crippen molar-refractivity contribution in [1.29, 1.82) is 0 Å². The van der Waals surface area contributed by atoms with Crippen molar-refractivity contribution in [2.24, 2.45) is 0 Å². The van der Waals surface area contributed by atoms with Gasteiger partial charge in [-0.3, -0.25) is 14.6 Å². The average molecular weight is 369 g/mol. The van der Waals surface area contributed by atoms with Crippen LogP contribution in [0.5, 0.6) is 0 Å². The van der Waals surface area contributed by atoms with Crippen LogP contribution in [0.3, 0.4) is 0 Å². The highest BCUT2D eigenvalue weighted by atomic mass is 35.5. The van der Waals surface area contributed by atoms with Gasteiger partial charge in [0, 0.05) is 24.0 Å². The van der Waals surface area contributed by atoms with E-state index in [1.807, 2.05) is 19.9 Å². The second-order valence-corrected chi connectivity index (χ2v) is 6.87. The van der Waals surface area contributed by atoms with Crippen LogP contribution in [-0.4, -0.2) is 22.3 Å². The molecule has 132 valence electrons. The molecule has 0 radical (unpaired) electrons. The Morgan fingerprint density at radius 3 is 2.81 bits per heavy atom. The van der Waals surface area contributed by atoms with Crippen LogP contribution in [0, 0.1) is 6.92 Å². The van der Waals surface area contributed by atoms with E-state index in [0.29, 0.717) is 28.1 Å². The number of hydrogen-bond acceptors (Lipinski definition) is 4. The van der Waals surface area contributed by atoms with Crippen molar-refractivity contribution in [3.63, 3.8) is 0 Å². The molecular formula is C20H17ClN2O3. The van der Waals surface area contributed by atoms with Gasteiger partial charge in [-0.2, -0.15) is 0 Å². The molecule has 26 heavy (non-hydrogen) atoms. The summed E-state index contributed by atoms with van der Waals surface area (Å²) in [4.78, 5) is 32.0. The molecule has 3 heterocycles. The monoisotopic (exact) mass is 368 g/mol. The smallest absolute Gasteiger partial charge is 0.290 e. The normalized spacial score (nSPS) is 16.3. The summed E-state index contributed by atoms with van der Waals surface area (Å²) in [5, 5.41) is 0.886. The summed E-state index contributed by atoms with van der Waals surface area (Å²) in [6, 6.07) is 6.49. The van der Waals surface area contributed by atoms with Gasteiger partial charge in [0.15, 0.2) is 5.43 Å². The topological polar surface area (TPSA) is 63.4 Å². The van der Waals surface area contributed by atoms with Gasteiger partial charge in [-0.15, -0.1) is 0 Å². The molecule has 0 saturated carbocycles. The first kappa shape index (κ1) is 16.8. The second-order valence-electron chi connectivity index (χ2n) is 6.46. The average Bonchev–Trinajstić information content (AvgIpc) is 2.91. The van der Waals surface area contributed by atoms with Gasteiger partial charge in [-0.25, -0.2) is 0 Å². The third kappa shape index (κ3) is 2.42. The molecule has 1 aliphatic heterocycles. The first-order valence-electron chi connectivity index (χ1n) is 8.50. The molecular weight excluding hydrogens is 352 g/mol. The number of halogens is 1. The lowest BCUT2D eigenvalue weighted by Gasteiger charge is -2.24. The molecule has 1 atom stereocenters. The lowest BCUT2D eigenvalue weighted by Crippen LogP contribution is -2.30. The van der Waals surface area contributed by atoms with E-state index in [1.54, 1.807) is 35.5 Å². The first-order chi connectivity index (χ1) is 12.5. The van der Waals surface area contributed by atoms with Crippen LogP contribution in [0.25, 0.3) is 11.0 Å². The van der Waals surface area contributed by atoms with Gasteiger partial charge in [0.25, 0.3) is 5.91 Å². The number of pyridine rings is 1. The van der Waals surface area contributed by atoms with Crippen LogP contribution in [0.15, 0.2) is 45.9 Å². The zero-order chi connectivity index (χ0) is 18.4. The van der Waals surface area contributed by atoms with Crippen LogP contribution >= 0.6 is 11.6 Å². The molecule has 5 nitrogen and oxygen atoms in total. The Labute approximate surface area is 155 Å². The van der Waals surface area contributed by atoms with Crippen molar-refractivity contribution in [2.75, 3.05) is 6.54 Å². The molecule has 1 aromatic carbocycles. The van der Waals surface area contributed by atoms with E-state index in [-0.39, 0.29) is 17.1 Å². The maximum absolute atomic E-state index is 13.2. The largest absolute Gasteiger partial charge is 0.450 e. The van der Waals surface area contributed by atoms with E-state index in [9.17, 15) is 9.59 Å². The number of hydrogen-bond donors (Lipinski definition) is 0. The van der Waals surface area contributed by atoms with Gasteiger partial charge in [-0.05, 0) is 42.7 Å². The predicted molar refractivity (Wildman–Crippen MR) is 99.6 cm³/mol. The fraction of sp³-hybridized carbons (Fsp3) is 0.250. The summed E-state index contributed by atoms with van der Waals surface area (Å²) in [5.41, 5.74) is 2.11. The van der Waals surface area contributed by atoms with Crippen molar-refractivity contribution in [1.82, 2.24) is 9.88 Å². The number of carbonyl (C=O) groups is 1. The maximum Gasteiger partial charge on any atom is 0.290 e. The standard InChI is InChI=1S/C20H17ClN2O3/c1-3-7-23-17(12-5-4-6-22-10-12)16-18(24)13-9-14(21)11(2)8-15(13)26-19(16)20(23)25/h4-6,8-10,17H,3,7H2,1-2H3. The Kier molecular flexibility index (Phi) is 4.04. The number of benzene rings is 1. The minimum Gasteiger partial charge on any atom is -0.450 e. The highest BCUT2D eigenvalue weighted by Crippen LogP contribution is 2.38. The molecule has 1 unspecified atom stereocenters. The summed E-state index contributed by atoms with van der Waals surface area (Å²) in [5.74, 6) is -0.145. The lowest BCUT2D eigenvalue weighted by molar-refractivity contribution is 0.0728. The third-order valence-corrected chi connectivity index (χ3v) is 5.12. The van der Waals surface area contributed by atoms with Crippen molar-refractivity contribution >= 4 is 28.5 Å². The van der Waals surface area contributed by atoms with Crippen molar-refractivity contribution in [2.45, 2.75) is 26.3 Å². The number of rotatable bonds is 3. The summed E-state index contributed by atoms with van der Waals surface area (Å²) in [6.45, 7) is 4.35. The van der Waals surface area contributed by atoms with E-state index in [2.05, 4.69) is 4.98 Å². The number of aryl methyl sites for hydroxylation is 1. The molecule has 0 fully saturated rings. The fourth-order valence-electron chi connectivity index (χ4n) is 3.50. The van der Waals surface area contributed by atoms with Crippen LogP contribution in [0.2, 0.25) is 5.02 Å². The number of aromatic nitrogens is 1. The fourth-order valence-corrected chi connectivity index (χ4v) is 3.66. The SMILES string of the molecule is CCCN1C(=O)c2oc3cc(C)c(Cl)cc3c(=O)c2C1c1cccnc1. The molecule has 3 aromatic rings. The van der Waals surface area contributed by atoms with Gasteiger partial charge in [0.05, 0.1) is 17.0 Å². The molecule has 0 bridgehead atoms. The summed E-state index contributed by atoms with van der Waals surface area (Å²) < 4.78 is 5.89. The minimum absolute atomic E-state index is 0.117.